The molecule has 110 valence electrons. The summed E-state index contributed by atoms with van der Waals surface area (Å²) in [5.74, 6) is -0.739. The van der Waals surface area contributed by atoms with Gasteiger partial charge in [-0.05, 0) is 30.4 Å². The molecular weight excluding hydrogens is 254 g/mol. The Morgan fingerprint density at radius 3 is 2.30 bits per heavy atom. The van der Waals surface area contributed by atoms with Gasteiger partial charge in [0.15, 0.2) is 0 Å². The number of amides is 1. The van der Waals surface area contributed by atoms with Crippen LogP contribution in [0.2, 0.25) is 0 Å². The third-order valence-electron chi connectivity index (χ3n) is 3.19. The van der Waals surface area contributed by atoms with E-state index in [0.29, 0.717) is 19.4 Å². The van der Waals surface area contributed by atoms with Crippen molar-refractivity contribution in [2.24, 2.45) is 0 Å². The zero-order valence-electron chi connectivity index (χ0n) is 12.0. The van der Waals surface area contributed by atoms with Crippen molar-refractivity contribution in [1.29, 1.82) is 0 Å². The Kier molecular flexibility index (Phi) is 7.40. The van der Waals surface area contributed by atoms with Gasteiger partial charge in [0, 0.05) is 13.0 Å². The van der Waals surface area contributed by atoms with Crippen molar-refractivity contribution >= 4 is 11.9 Å². The Morgan fingerprint density at radius 2 is 1.70 bits per heavy atom. The number of hydrogen-bond acceptors (Lipinski definition) is 2. The highest BCUT2D eigenvalue weighted by Crippen LogP contribution is 2.05. The fraction of sp³-hybridized carbons (Fsp3) is 0.500. The molecule has 0 aliphatic heterocycles. The molecule has 0 aliphatic rings. The lowest BCUT2D eigenvalue weighted by Crippen LogP contribution is -2.26. The van der Waals surface area contributed by atoms with Crippen LogP contribution in [0.1, 0.15) is 43.7 Å². The van der Waals surface area contributed by atoms with Crippen molar-refractivity contribution in [1.82, 2.24) is 5.32 Å². The third kappa shape index (κ3) is 6.92. The minimum Gasteiger partial charge on any atom is -0.481 e. The molecule has 1 aromatic carbocycles. The number of carbonyl (C=O) groups excluding carboxylic acids is 1. The van der Waals surface area contributed by atoms with E-state index in [9.17, 15) is 9.59 Å². The number of carboxylic acid groups (broad SMARTS) is 1. The fourth-order valence-corrected chi connectivity index (χ4v) is 1.95. The average Bonchev–Trinajstić information content (AvgIpc) is 2.43. The third-order valence-corrected chi connectivity index (χ3v) is 3.19. The maximum absolute atomic E-state index is 11.7. The molecule has 4 nitrogen and oxygen atoms in total. The summed E-state index contributed by atoms with van der Waals surface area (Å²) in [4.78, 5) is 22.0. The molecule has 0 radical (unpaired) electrons. The van der Waals surface area contributed by atoms with Crippen LogP contribution in [0.5, 0.6) is 0 Å². The lowest BCUT2D eigenvalue weighted by molar-refractivity contribution is -0.137. The van der Waals surface area contributed by atoms with E-state index >= 15 is 0 Å². The van der Waals surface area contributed by atoms with Crippen LogP contribution in [-0.2, 0) is 22.4 Å². The highest BCUT2D eigenvalue weighted by molar-refractivity contribution is 5.78. The first-order chi connectivity index (χ1) is 9.61. The van der Waals surface area contributed by atoms with E-state index in [-0.39, 0.29) is 12.3 Å². The topological polar surface area (TPSA) is 66.4 Å². The Balaban J connectivity index is 2.15. The molecule has 1 rings (SSSR count). The summed E-state index contributed by atoms with van der Waals surface area (Å²) in [5.41, 5.74) is 2.29. The summed E-state index contributed by atoms with van der Waals surface area (Å²) in [7, 11) is 0. The Hall–Kier alpha value is -1.84. The molecule has 0 atom stereocenters. The van der Waals surface area contributed by atoms with Gasteiger partial charge in [0.2, 0.25) is 5.91 Å². The molecule has 4 heteroatoms. The van der Waals surface area contributed by atoms with Gasteiger partial charge in [-0.3, -0.25) is 9.59 Å². The Bertz CT molecular complexity index is 426. The van der Waals surface area contributed by atoms with Crippen molar-refractivity contribution < 1.29 is 14.7 Å². The van der Waals surface area contributed by atoms with Gasteiger partial charge < -0.3 is 10.4 Å². The van der Waals surface area contributed by atoms with Crippen molar-refractivity contribution in [3.8, 4) is 0 Å². The van der Waals surface area contributed by atoms with Crippen LogP contribution in [0.25, 0.3) is 0 Å². The summed E-state index contributed by atoms with van der Waals surface area (Å²) in [6.07, 6.45) is 3.94. The molecule has 0 aromatic heterocycles. The second kappa shape index (κ2) is 9.13. The molecule has 1 aromatic rings. The van der Waals surface area contributed by atoms with Crippen LogP contribution in [0, 0.1) is 0 Å². The van der Waals surface area contributed by atoms with E-state index in [0.717, 1.165) is 24.8 Å². The lowest BCUT2D eigenvalue weighted by atomic mass is 10.1. The predicted octanol–water partition coefficient (Wildman–Crippen LogP) is 2.55. The van der Waals surface area contributed by atoms with Crippen molar-refractivity contribution in [3.05, 3.63) is 35.4 Å². The summed E-state index contributed by atoms with van der Waals surface area (Å²) < 4.78 is 0. The van der Waals surface area contributed by atoms with Crippen LogP contribution < -0.4 is 5.32 Å². The Morgan fingerprint density at radius 1 is 1.05 bits per heavy atom. The van der Waals surface area contributed by atoms with Gasteiger partial charge in [0.1, 0.15) is 0 Å². The van der Waals surface area contributed by atoms with E-state index in [1.807, 2.05) is 12.1 Å². The van der Waals surface area contributed by atoms with Gasteiger partial charge in [0.25, 0.3) is 0 Å². The monoisotopic (exact) mass is 277 g/mol. The summed E-state index contributed by atoms with van der Waals surface area (Å²) >= 11 is 0. The van der Waals surface area contributed by atoms with E-state index in [2.05, 4.69) is 24.4 Å². The number of unbranched alkanes of at least 4 members (excludes halogenated alkanes) is 2. The first-order valence-corrected chi connectivity index (χ1v) is 7.18. The fourth-order valence-electron chi connectivity index (χ4n) is 1.95. The zero-order valence-corrected chi connectivity index (χ0v) is 12.0. The number of carbonyl (C=O) groups is 2. The minimum absolute atomic E-state index is 0.0208. The maximum atomic E-state index is 11.7. The largest absolute Gasteiger partial charge is 0.481 e. The summed E-state index contributed by atoms with van der Waals surface area (Å²) in [6, 6.07) is 8.08. The van der Waals surface area contributed by atoms with Gasteiger partial charge in [-0.2, -0.15) is 0 Å². The molecule has 0 fully saturated rings. The van der Waals surface area contributed by atoms with Crippen molar-refractivity contribution in [3.63, 3.8) is 0 Å². The van der Waals surface area contributed by atoms with Crippen LogP contribution in [0.15, 0.2) is 24.3 Å². The number of benzene rings is 1. The quantitative estimate of drug-likeness (QED) is 0.682. The summed E-state index contributed by atoms with van der Waals surface area (Å²) in [5, 5.41) is 11.4. The number of carboxylic acids is 1. The highest BCUT2D eigenvalue weighted by Gasteiger charge is 2.03. The second-order valence-electron chi connectivity index (χ2n) is 4.90. The second-order valence-corrected chi connectivity index (χ2v) is 4.90. The maximum Gasteiger partial charge on any atom is 0.303 e. The van der Waals surface area contributed by atoms with Crippen LogP contribution in [0.3, 0.4) is 0 Å². The van der Waals surface area contributed by atoms with Gasteiger partial charge in [0.05, 0.1) is 6.42 Å². The highest BCUT2D eigenvalue weighted by atomic mass is 16.4. The molecule has 0 unspecified atom stereocenters. The van der Waals surface area contributed by atoms with E-state index in [1.165, 1.54) is 5.56 Å². The van der Waals surface area contributed by atoms with Gasteiger partial charge in [-0.15, -0.1) is 0 Å². The molecule has 1 amide bonds. The lowest BCUT2D eigenvalue weighted by Gasteiger charge is -2.05. The standard InChI is InChI=1S/C16H23NO3/c1-2-13-7-9-14(10-8-13)12-15(18)17-11-5-3-4-6-16(19)20/h7-10H,2-6,11-12H2,1H3,(H,17,18)(H,19,20). The number of nitrogens with one attached hydrogen (secondary N) is 1. The molecule has 0 saturated carbocycles. The minimum atomic E-state index is -0.760. The first-order valence-electron chi connectivity index (χ1n) is 7.18. The number of aryl methyl sites for hydroxylation is 1. The van der Waals surface area contributed by atoms with Crippen LogP contribution in [0.4, 0.5) is 0 Å². The average molecular weight is 277 g/mol. The number of hydrogen-bond donors (Lipinski definition) is 2. The van der Waals surface area contributed by atoms with Crippen LogP contribution in [-0.4, -0.2) is 23.5 Å². The van der Waals surface area contributed by atoms with Gasteiger partial charge in [-0.1, -0.05) is 37.6 Å². The van der Waals surface area contributed by atoms with Crippen molar-refractivity contribution in [2.75, 3.05) is 6.54 Å². The molecule has 0 bridgehead atoms. The smallest absolute Gasteiger partial charge is 0.303 e. The van der Waals surface area contributed by atoms with Crippen molar-refractivity contribution in [2.45, 2.75) is 45.4 Å². The number of rotatable bonds is 9. The van der Waals surface area contributed by atoms with Crippen LogP contribution >= 0.6 is 0 Å². The zero-order chi connectivity index (χ0) is 14.8. The molecule has 0 saturated heterocycles. The normalized spacial score (nSPS) is 10.2. The van der Waals surface area contributed by atoms with Gasteiger partial charge in [-0.25, -0.2) is 0 Å². The first kappa shape index (κ1) is 16.2. The van der Waals surface area contributed by atoms with Gasteiger partial charge >= 0.3 is 5.97 Å². The predicted molar refractivity (Wildman–Crippen MR) is 78.6 cm³/mol. The molecule has 0 heterocycles. The van der Waals surface area contributed by atoms with E-state index in [4.69, 9.17) is 5.11 Å². The number of aliphatic carboxylic acids is 1. The molecule has 0 spiro atoms. The summed E-state index contributed by atoms with van der Waals surface area (Å²) in [6.45, 7) is 2.72. The SMILES string of the molecule is CCc1ccc(CC(=O)NCCCCCC(=O)O)cc1. The van der Waals surface area contributed by atoms with E-state index < -0.39 is 5.97 Å². The Labute approximate surface area is 120 Å². The van der Waals surface area contributed by atoms with E-state index in [1.54, 1.807) is 0 Å². The molecule has 20 heavy (non-hydrogen) atoms. The molecule has 2 N–H and O–H groups in total. The molecule has 0 aliphatic carbocycles. The molecular formula is C16H23NO3.